The van der Waals surface area contributed by atoms with E-state index in [1.54, 1.807) is 0 Å². The first-order valence-corrected chi connectivity index (χ1v) is 8.28. The summed E-state index contributed by atoms with van der Waals surface area (Å²) in [5, 5.41) is 4.87. The number of rotatable bonds is 1. The van der Waals surface area contributed by atoms with Crippen LogP contribution >= 0.6 is 0 Å². The van der Waals surface area contributed by atoms with E-state index in [-0.39, 0.29) is 0 Å². The highest BCUT2D eigenvalue weighted by molar-refractivity contribution is 6.10. The molecule has 2 aliphatic rings. The van der Waals surface area contributed by atoms with E-state index in [1.165, 1.54) is 39.1 Å². The molecule has 0 radical (unpaired) electrons. The minimum absolute atomic E-state index is 0.396. The van der Waals surface area contributed by atoms with Gasteiger partial charge in [0, 0.05) is 54.5 Å². The Bertz CT molecular complexity index is 952. The fourth-order valence-corrected chi connectivity index (χ4v) is 3.95. The molecule has 23 heavy (non-hydrogen) atoms. The van der Waals surface area contributed by atoms with Crippen LogP contribution in [0.5, 0.6) is 0 Å². The van der Waals surface area contributed by atoms with E-state index in [9.17, 15) is 0 Å². The fourth-order valence-electron chi connectivity index (χ4n) is 3.95. The third-order valence-corrected chi connectivity index (χ3v) is 5.18. The molecule has 2 aliphatic heterocycles. The van der Waals surface area contributed by atoms with Crippen molar-refractivity contribution in [3.63, 3.8) is 0 Å². The summed E-state index contributed by atoms with van der Waals surface area (Å²) in [5.41, 5.74) is 8.86. The summed E-state index contributed by atoms with van der Waals surface area (Å²) in [5.74, 6) is 0. The Morgan fingerprint density at radius 2 is 2.04 bits per heavy atom. The third kappa shape index (κ3) is 1.63. The van der Waals surface area contributed by atoms with Gasteiger partial charge in [-0.25, -0.2) is 4.98 Å². The molecule has 0 spiro atoms. The molecule has 3 aromatic rings. The fraction of sp³-hybridized carbons (Fsp3) is 0.316. The quantitative estimate of drug-likeness (QED) is 0.568. The highest BCUT2D eigenvalue weighted by Gasteiger charge is 2.26. The van der Waals surface area contributed by atoms with Crippen molar-refractivity contribution < 1.29 is 0 Å². The average molecular weight is 304 g/mol. The van der Waals surface area contributed by atoms with Crippen LogP contribution in [-0.2, 0) is 6.42 Å². The Kier molecular flexibility index (Phi) is 2.42. The van der Waals surface area contributed by atoms with Crippen LogP contribution in [0.1, 0.15) is 25.5 Å². The Morgan fingerprint density at radius 3 is 2.87 bits per heavy atom. The van der Waals surface area contributed by atoms with Crippen molar-refractivity contribution in [1.82, 2.24) is 9.55 Å². The number of fused-ring (bicyclic) bond motifs is 3. The van der Waals surface area contributed by atoms with Crippen LogP contribution in [0.15, 0.2) is 30.6 Å². The predicted molar refractivity (Wildman–Crippen MR) is 95.8 cm³/mol. The number of nitrogens with zero attached hydrogens (tertiary/aromatic N) is 3. The molecule has 1 N–H and O–H groups in total. The van der Waals surface area contributed by atoms with Crippen molar-refractivity contribution in [2.45, 2.75) is 26.3 Å². The lowest BCUT2D eigenvalue weighted by Crippen LogP contribution is -2.12. The number of pyridine rings is 1. The second-order valence-electron chi connectivity index (χ2n) is 6.92. The molecule has 0 fully saturated rings. The monoisotopic (exact) mass is 304 g/mol. The molecule has 1 aromatic carbocycles. The van der Waals surface area contributed by atoms with Crippen LogP contribution in [0.25, 0.3) is 22.2 Å². The zero-order valence-electron chi connectivity index (χ0n) is 13.7. The summed E-state index contributed by atoms with van der Waals surface area (Å²) in [6, 6.07) is 7.15. The van der Waals surface area contributed by atoms with Crippen molar-refractivity contribution in [3.8, 4) is 11.1 Å². The smallest absolute Gasteiger partial charge is 0.142 e. The van der Waals surface area contributed by atoms with E-state index >= 15 is 0 Å². The van der Waals surface area contributed by atoms with Gasteiger partial charge in [0.2, 0.25) is 0 Å². The first kappa shape index (κ1) is 13.0. The lowest BCUT2D eigenvalue weighted by molar-refractivity contribution is 0.618. The van der Waals surface area contributed by atoms with Crippen LogP contribution in [0.2, 0.25) is 0 Å². The summed E-state index contributed by atoms with van der Waals surface area (Å²) in [4.78, 5) is 6.99. The average Bonchev–Trinajstić information content (AvgIpc) is 3.09. The Morgan fingerprint density at radius 1 is 1.17 bits per heavy atom. The lowest BCUT2D eigenvalue weighted by atomic mass is 9.96. The van der Waals surface area contributed by atoms with Crippen LogP contribution in [0.4, 0.5) is 17.1 Å². The van der Waals surface area contributed by atoms with Gasteiger partial charge in [-0.2, -0.15) is 0 Å². The number of aromatic nitrogens is 2. The van der Waals surface area contributed by atoms with E-state index in [4.69, 9.17) is 0 Å². The summed E-state index contributed by atoms with van der Waals surface area (Å²) >= 11 is 0. The molecule has 4 nitrogen and oxygen atoms in total. The van der Waals surface area contributed by atoms with Gasteiger partial charge >= 0.3 is 0 Å². The van der Waals surface area contributed by atoms with E-state index in [0.717, 1.165) is 18.6 Å². The third-order valence-electron chi connectivity index (χ3n) is 5.18. The van der Waals surface area contributed by atoms with Crippen LogP contribution in [-0.4, -0.2) is 23.1 Å². The Labute approximate surface area is 135 Å². The first-order chi connectivity index (χ1) is 11.1. The second-order valence-corrected chi connectivity index (χ2v) is 6.92. The second kappa shape index (κ2) is 4.28. The Balaban J connectivity index is 1.85. The van der Waals surface area contributed by atoms with E-state index in [1.807, 2.05) is 6.20 Å². The normalized spacial score (nSPS) is 15.0. The van der Waals surface area contributed by atoms with Gasteiger partial charge in [-0.05, 0) is 44.0 Å². The van der Waals surface area contributed by atoms with Crippen molar-refractivity contribution in [2.75, 3.05) is 23.8 Å². The van der Waals surface area contributed by atoms with Gasteiger partial charge in [-0.1, -0.05) is 0 Å². The molecule has 0 aliphatic carbocycles. The van der Waals surface area contributed by atoms with E-state index < -0.39 is 0 Å². The molecular weight excluding hydrogens is 284 g/mol. The minimum Gasteiger partial charge on any atom is -0.374 e. The molecule has 0 bridgehead atoms. The molecular formula is C19H20N4. The van der Waals surface area contributed by atoms with Crippen LogP contribution < -0.4 is 10.2 Å². The van der Waals surface area contributed by atoms with E-state index in [2.05, 4.69) is 65.1 Å². The largest absolute Gasteiger partial charge is 0.374 e. The molecule has 2 aromatic heterocycles. The number of hydrogen-bond donors (Lipinski definition) is 1. The zero-order chi connectivity index (χ0) is 15.7. The van der Waals surface area contributed by atoms with Crippen molar-refractivity contribution in [2.24, 2.45) is 0 Å². The molecule has 4 heteroatoms. The molecule has 5 rings (SSSR count). The van der Waals surface area contributed by atoms with Gasteiger partial charge in [0.25, 0.3) is 0 Å². The summed E-state index contributed by atoms with van der Waals surface area (Å²) < 4.78 is 2.28. The minimum atomic E-state index is 0.396. The first-order valence-electron chi connectivity index (χ1n) is 8.28. The van der Waals surface area contributed by atoms with Gasteiger partial charge in [-0.3, -0.25) is 0 Å². The van der Waals surface area contributed by atoms with Crippen molar-refractivity contribution in [3.05, 3.63) is 36.2 Å². The molecule has 0 atom stereocenters. The number of likely N-dealkylation sites (N-methyl/N-ethyl adjacent to an activating group) is 1. The maximum absolute atomic E-state index is 4.64. The predicted octanol–water partition coefficient (Wildman–Crippen LogP) is 4.33. The molecule has 4 heterocycles. The lowest BCUT2D eigenvalue weighted by Gasteiger charge is -2.21. The zero-order valence-corrected chi connectivity index (χ0v) is 13.7. The van der Waals surface area contributed by atoms with Gasteiger partial charge in [0.1, 0.15) is 5.65 Å². The number of hydrogen-bond acceptors (Lipinski definition) is 3. The highest BCUT2D eigenvalue weighted by Crippen LogP contribution is 2.47. The topological polar surface area (TPSA) is 33.1 Å². The molecule has 0 amide bonds. The van der Waals surface area contributed by atoms with Crippen LogP contribution in [0, 0.1) is 0 Å². The standard InChI is InChI=1S/C19H20N4/c1-11(2)23-10-14-13-9-17-12(5-7-22(17)3)8-16(13)21-15-4-6-20-19(23)18(14)15/h4,6,8-11,21H,5,7H2,1-3H3. The van der Waals surface area contributed by atoms with Gasteiger partial charge in [-0.15, -0.1) is 0 Å². The summed E-state index contributed by atoms with van der Waals surface area (Å²) in [6.07, 6.45) is 5.30. The summed E-state index contributed by atoms with van der Waals surface area (Å²) in [7, 11) is 2.18. The molecule has 0 saturated carbocycles. The van der Waals surface area contributed by atoms with Gasteiger partial charge in [0.05, 0.1) is 11.1 Å². The van der Waals surface area contributed by atoms with Crippen molar-refractivity contribution >= 4 is 28.1 Å². The SMILES string of the molecule is CC(C)n1cc2c3c(ccnc31)Nc1cc3c(cc1-2)N(C)CC3. The van der Waals surface area contributed by atoms with Crippen molar-refractivity contribution in [1.29, 1.82) is 0 Å². The molecule has 116 valence electrons. The molecule has 0 unspecified atom stereocenters. The number of benzene rings is 1. The maximum Gasteiger partial charge on any atom is 0.142 e. The molecule has 0 saturated heterocycles. The van der Waals surface area contributed by atoms with Gasteiger partial charge < -0.3 is 14.8 Å². The van der Waals surface area contributed by atoms with E-state index in [0.29, 0.717) is 6.04 Å². The van der Waals surface area contributed by atoms with Gasteiger partial charge in [0.15, 0.2) is 0 Å². The number of nitrogens with one attached hydrogen (secondary N) is 1. The maximum atomic E-state index is 4.64. The Hall–Kier alpha value is -2.49. The number of anilines is 3. The summed E-state index contributed by atoms with van der Waals surface area (Å²) in [6.45, 7) is 5.52. The van der Waals surface area contributed by atoms with Crippen LogP contribution in [0.3, 0.4) is 0 Å². The highest BCUT2D eigenvalue weighted by atomic mass is 15.1.